The summed E-state index contributed by atoms with van der Waals surface area (Å²) >= 11 is 5.69. The number of hydrogen-bond donors (Lipinski definition) is 0. The Hall–Kier alpha value is -1.09. The average Bonchev–Trinajstić information content (AvgIpc) is 2.32. The number of hydrogen-bond acceptors (Lipinski definition) is 1. The van der Waals surface area contributed by atoms with Crippen LogP contribution in [0.3, 0.4) is 0 Å². The van der Waals surface area contributed by atoms with Crippen LogP contribution in [0.15, 0.2) is 18.2 Å². The van der Waals surface area contributed by atoms with Crippen LogP contribution in [0.25, 0.3) is 0 Å². The third-order valence-corrected chi connectivity index (χ3v) is 3.60. The van der Waals surface area contributed by atoms with Gasteiger partial charge in [0.2, 0.25) is 5.91 Å². The fraction of sp³-hybridized carbons (Fsp3) is 0.500. The zero-order valence-electron chi connectivity index (χ0n) is 10.5. The number of carbonyl (C=O) groups is 1. The van der Waals surface area contributed by atoms with Crippen LogP contribution < -0.4 is 0 Å². The lowest BCUT2D eigenvalue weighted by atomic mass is 9.99. The van der Waals surface area contributed by atoms with Crippen molar-refractivity contribution in [3.63, 3.8) is 0 Å². The molecule has 0 saturated carbocycles. The van der Waals surface area contributed by atoms with Crippen LogP contribution in [0.2, 0.25) is 5.02 Å². The number of rotatable bonds is 2. The Kier molecular flexibility index (Phi) is 4.23. The topological polar surface area (TPSA) is 20.3 Å². The summed E-state index contributed by atoms with van der Waals surface area (Å²) in [5.74, 6) is 0.140. The van der Waals surface area contributed by atoms with Gasteiger partial charge in [0.1, 0.15) is 5.82 Å². The molecule has 18 heavy (non-hydrogen) atoms. The highest BCUT2D eigenvalue weighted by molar-refractivity contribution is 6.30. The summed E-state index contributed by atoms with van der Waals surface area (Å²) in [6, 6.07) is 4.46. The number of piperidine rings is 1. The van der Waals surface area contributed by atoms with Gasteiger partial charge in [-0.3, -0.25) is 4.79 Å². The molecule has 98 valence electrons. The van der Waals surface area contributed by atoms with Crippen LogP contribution in [0.5, 0.6) is 0 Å². The maximum atomic E-state index is 13.6. The second kappa shape index (κ2) is 5.70. The summed E-state index contributed by atoms with van der Waals surface area (Å²) in [6.07, 6.45) is 2.32. The Morgan fingerprint density at radius 3 is 3.00 bits per heavy atom. The van der Waals surface area contributed by atoms with Gasteiger partial charge in [0.05, 0.1) is 6.42 Å². The first-order valence-corrected chi connectivity index (χ1v) is 6.66. The van der Waals surface area contributed by atoms with E-state index in [4.69, 9.17) is 11.6 Å². The molecule has 0 spiro atoms. The van der Waals surface area contributed by atoms with Crippen molar-refractivity contribution in [2.24, 2.45) is 5.92 Å². The molecular weight excluding hydrogens is 253 g/mol. The zero-order valence-corrected chi connectivity index (χ0v) is 11.2. The van der Waals surface area contributed by atoms with Gasteiger partial charge in [0.25, 0.3) is 0 Å². The summed E-state index contributed by atoms with van der Waals surface area (Å²) in [5.41, 5.74) is 0.419. The third kappa shape index (κ3) is 3.22. The first-order chi connectivity index (χ1) is 8.56. The van der Waals surface area contributed by atoms with E-state index in [1.54, 1.807) is 12.1 Å². The van der Waals surface area contributed by atoms with E-state index in [2.05, 4.69) is 6.92 Å². The van der Waals surface area contributed by atoms with Gasteiger partial charge >= 0.3 is 0 Å². The first-order valence-electron chi connectivity index (χ1n) is 6.28. The van der Waals surface area contributed by atoms with E-state index in [1.165, 1.54) is 12.5 Å². The van der Waals surface area contributed by atoms with Gasteiger partial charge in [-0.05, 0) is 36.5 Å². The van der Waals surface area contributed by atoms with Gasteiger partial charge in [0, 0.05) is 18.1 Å². The molecule has 2 rings (SSSR count). The minimum atomic E-state index is -0.402. The third-order valence-electron chi connectivity index (χ3n) is 3.37. The second-order valence-electron chi connectivity index (χ2n) is 5.00. The van der Waals surface area contributed by atoms with Crippen LogP contribution in [-0.4, -0.2) is 23.9 Å². The van der Waals surface area contributed by atoms with E-state index in [9.17, 15) is 9.18 Å². The summed E-state index contributed by atoms with van der Waals surface area (Å²) < 4.78 is 13.6. The molecular formula is C14H17ClFNO. The summed E-state index contributed by atoms with van der Waals surface area (Å²) in [6.45, 7) is 3.72. The normalized spacial score (nSPS) is 19.9. The van der Waals surface area contributed by atoms with Gasteiger partial charge in [-0.15, -0.1) is 0 Å². The van der Waals surface area contributed by atoms with Crippen molar-refractivity contribution in [1.29, 1.82) is 0 Å². The largest absolute Gasteiger partial charge is 0.342 e. The molecule has 1 saturated heterocycles. The molecule has 0 N–H and O–H groups in total. The molecule has 0 radical (unpaired) electrons. The molecule has 1 atom stereocenters. The minimum absolute atomic E-state index is 0.00257. The highest BCUT2D eigenvalue weighted by Gasteiger charge is 2.21. The summed E-state index contributed by atoms with van der Waals surface area (Å²) in [4.78, 5) is 13.9. The van der Waals surface area contributed by atoms with Crippen LogP contribution in [0.4, 0.5) is 4.39 Å². The Morgan fingerprint density at radius 2 is 2.33 bits per heavy atom. The SMILES string of the molecule is CC1CCCN(C(=O)Cc2ccc(Cl)cc2F)C1. The van der Waals surface area contributed by atoms with Gasteiger partial charge in [0.15, 0.2) is 0 Å². The van der Waals surface area contributed by atoms with Crippen LogP contribution >= 0.6 is 11.6 Å². The van der Waals surface area contributed by atoms with E-state index in [0.29, 0.717) is 16.5 Å². The van der Waals surface area contributed by atoms with Crippen molar-refractivity contribution in [2.75, 3.05) is 13.1 Å². The van der Waals surface area contributed by atoms with Gasteiger partial charge in [-0.2, -0.15) is 0 Å². The standard InChI is InChI=1S/C14H17ClFNO/c1-10-3-2-6-17(9-10)14(18)7-11-4-5-12(15)8-13(11)16/h4-5,8,10H,2-3,6-7,9H2,1H3. The summed E-state index contributed by atoms with van der Waals surface area (Å²) in [5, 5.41) is 0.357. The fourth-order valence-electron chi connectivity index (χ4n) is 2.36. The number of benzene rings is 1. The Bertz CT molecular complexity index is 449. The number of carbonyl (C=O) groups excluding carboxylic acids is 1. The van der Waals surface area contributed by atoms with E-state index >= 15 is 0 Å². The van der Waals surface area contributed by atoms with E-state index in [-0.39, 0.29) is 12.3 Å². The molecule has 4 heteroatoms. The number of nitrogens with zero attached hydrogens (tertiary/aromatic N) is 1. The first kappa shape index (κ1) is 13.3. The fourth-order valence-corrected chi connectivity index (χ4v) is 2.51. The lowest BCUT2D eigenvalue weighted by molar-refractivity contribution is -0.132. The monoisotopic (exact) mass is 269 g/mol. The molecule has 1 amide bonds. The smallest absolute Gasteiger partial charge is 0.227 e. The molecule has 1 heterocycles. The second-order valence-corrected chi connectivity index (χ2v) is 5.44. The van der Waals surface area contributed by atoms with Crippen molar-refractivity contribution < 1.29 is 9.18 Å². The van der Waals surface area contributed by atoms with E-state index < -0.39 is 5.82 Å². The van der Waals surface area contributed by atoms with Crippen LogP contribution in [0, 0.1) is 11.7 Å². The van der Waals surface area contributed by atoms with Crippen molar-refractivity contribution in [1.82, 2.24) is 4.90 Å². The molecule has 2 nitrogen and oxygen atoms in total. The number of amides is 1. The highest BCUT2D eigenvalue weighted by atomic mass is 35.5. The molecule has 0 aliphatic carbocycles. The highest BCUT2D eigenvalue weighted by Crippen LogP contribution is 2.19. The minimum Gasteiger partial charge on any atom is -0.342 e. The molecule has 1 aliphatic rings. The molecule has 1 aromatic carbocycles. The number of halogens is 2. The van der Waals surface area contributed by atoms with Crippen molar-refractivity contribution in [3.8, 4) is 0 Å². The average molecular weight is 270 g/mol. The van der Waals surface area contributed by atoms with Crippen LogP contribution in [0.1, 0.15) is 25.3 Å². The molecule has 1 fully saturated rings. The van der Waals surface area contributed by atoms with Crippen LogP contribution in [-0.2, 0) is 11.2 Å². The molecule has 0 aromatic heterocycles. The number of likely N-dealkylation sites (tertiary alicyclic amines) is 1. The maximum absolute atomic E-state index is 13.6. The lowest BCUT2D eigenvalue weighted by Gasteiger charge is -2.31. The quantitative estimate of drug-likeness (QED) is 0.807. The molecule has 1 aromatic rings. The van der Waals surface area contributed by atoms with Gasteiger partial charge < -0.3 is 4.90 Å². The van der Waals surface area contributed by atoms with E-state index in [1.807, 2.05) is 4.90 Å². The van der Waals surface area contributed by atoms with Crippen molar-refractivity contribution >= 4 is 17.5 Å². The Morgan fingerprint density at radius 1 is 1.56 bits per heavy atom. The Labute approximate surface area is 112 Å². The molecule has 1 aliphatic heterocycles. The zero-order chi connectivity index (χ0) is 13.1. The van der Waals surface area contributed by atoms with Gasteiger partial charge in [-0.1, -0.05) is 24.6 Å². The molecule has 0 bridgehead atoms. The predicted octanol–water partition coefficient (Wildman–Crippen LogP) is 3.28. The molecule has 1 unspecified atom stereocenters. The van der Waals surface area contributed by atoms with Crippen molar-refractivity contribution in [3.05, 3.63) is 34.6 Å². The van der Waals surface area contributed by atoms with Crippen molar-refractivity contribution in [2.45, 2.75) is 26.2 Å². The van der Waals surface area contributed by atoms with Gasteiger partial charge in [-0.25, -0.2) is 4.39 Å². The maximum Gasteiger partial charge on any atom is 0.227 e. The lowest BCUT2D eigenvalue weighted by Crippen LogP contribution is -2.40. The summed E-state index contributed by atoms with van der Waals surface area (Å²) in [7, 11) is 0. The Balaban J connectivity index is 2.02. The van der Waals surface area contributed by atoms with E-state index in [0.717, 1.165) is 19.5 Å². The predicted molar refractivity (Wildman–Crippen MR) is 70.1 cm³/mol.